The Labute approximate surface area is 176 Å². The molecule has 0 saturated carbocycles. The van der Waals surface area contributed by atoms with Gasteiger partial charge in [0.15, 0.2) is 17.3 Å². The highest BCUT2D eigenvalue weighted by Gasteiger charge is 2.17. The Kier molecular flexibility index (Phi) is 4.74. The van der Waals surface area contributed by atoms with Gasteiger partial charge in [-0.3, -0.25) is 4.40 Å². The van der Waals surface area contributed by atoms with Crippen LogP contribution in [0.5, 0.6) is 5.75 Å². The Morgan fingerprint density at radius 2 is 1.97 bits per heavy atom. The largest absolute Gasteiger partial charge is 0.497 e. The number of fused-ring (bicyclic) bond motifs is 2. The van der Waals surface area contributed by atoms with Gasteiger partial charge in [-0.2, -0.15) is 0 Å². The fourth-order valence-electron chi connectivity index (χ4n) is 3.58. The van der Waals surface area contributed by atoms with Gasteiger partial charge in [-0.1, -0.05) is 12.1 Å². The Hall–Kier alpha value is -3.94. The molecule has 1 aliphatic rings. The van der Waals surface area contributed by atoms with E-state index in [-0.39, 0.29) is 12.3 Å². The number of hydrogen-bond donors (Lipinski definition) is 1. The first-order chi connectivity index (χ1) is 15.1. The van der Waals surface area contributed by atoms with Gasteiger partial charge in [0.25, 0.3) is 0 Å². The Morgan fingerprint density at radius 1 is 1.06 bits per heavy atom. The summed E-state index contributed by atoms with van der Waals surface area (Å²) in [5, 5.41) is 11.3. The zero-order valence-corrected chi connectivity index (χ0v) is 16.6. The van der Waals surface area contributed by atoms with Crippen LogP contribution in [0.25, 0.3) is 22.5 Å². The number of rotatable bonds is 5. The molecule has 0 fully saturated rings. The maximum absolute atomic E-state index is 14.6. The van der Waals surface area contributed by atoms with Crippen molar-refractivity contribution in [2.24, 2.45) is 0 Å². The van der Waals surface area contributed by atoms with Crippen LogP contribution in [-0.4, -0.2) is 28.3 Å². The number of ether oxygens (including phenoxy) is 2. The van der Waals surface area contributed by atoms with Crippen LogP contribution in [-0.2, 0) is 11.3 Å². The lowest BCUT2D eigenvalue weighted by atomic mass is 10.1. The predicted octanol–water partition coefficient (Wildman–Crippen LogP) is 4.67. The van der Waals surface area contributed by atoms with Crippen molar-refractivity contribution >= 4 is 17.1 Å². The first-order valence-corrected chi connectivity index (χ1v) is 9.67. The van der Waals surface area contributed by atoms with Gasteiger partial charge in [-0.25, -0.2) is 8.78 Å². The van der Waals surface area contributed by atoms with Crippen LogP contribution in [0.3, 0.4) is 0 Å². The smallest absolute Gasteiger partial charge is 0.197 e. The maximum atomic E-state index is 14.6. The molecule has 8 heteroatoms. The second kappa shape index (κ2) is 7.71. The summed E-state index contributed by atoms with van der Waals surface area (Å²) >= 11 is 0. The van der Waals surface area contributed by atoms with Crippen molar-refractivity contribution in [1.29, 1.82) is 0 Å². The predicted molar refractivity (Wildman–Crippen MR) is 113 cm³/mol. The molecular formula is C23H18F2N4O2. The minimum atomic E-state index is -0.543. The molecule has 0 atom stereocenters. The SMILES string of the molecule is COc1ccc2c(c1)NCC=C2OCc1nnc2c(F)cc(-c3cccc(F)c3)cn12. The molecule has 0 bridgehead atoms. The van der Waals surface area contributed by atoms with Gasteiger partial charge < -0.3 is 14.8 Å². The van der Waals surface area contributed by atoms with Crippen LogP contribution in [0, 0.1) is 11.6 Å². The second-order valence-electron chi connectivity index (χ2n) is 7.05. The minimum Gasteiger partial charge on any atom is -0.497 e. The molecule has 0 saturated heterocycles. The molecule has 1 aliphatic heterocycles. The average molecular weight is 420 g/mol. The van der Waals surface area contributed by atoms with E-state index in [0.717, 1.165) is 17.0 Å². The molecular weight excluding hydrogens is 402 g/mol. The zero-order valence-electron chi connectivity index (χ0n) is 16.6. The lowest BCUT2D eigenvalue weighted by Gasteiger charge is -2.20. The lowest BCUT2D eigenvalue weighted by Crippen LogP contribution is -2.10. The molecule has 4 aromatic rings. The summed E-state index contributed by atoms with van der Waals surface area (Å²) in [7, 11) is 1.62. The van der Waals surface area contributed by atoms with E-state index in [1.54, 1.807) is 25.4 Å². The van der Waals surface area contributed by atoms with Crippen molar-refractivity contribution in [2.75, 3.05) is 19.0 Å². The van der Waals surface area contributed by atoms with E-state index in [1.165, 1.54) is 22.6 Å². The number of methoxy groups -OCH3 is 1. The van der Waals surface area contributed by atoms with Gasteiger partial charge in [-0.05, 0) is 42.0 Å². The lowest BCUT2D eigenvalue weighted by molar-refractivity contribution is 0.253. The van der Waals surface area contributed by atoms with Gasteiger partial charge in [-0.15, -0.1) is 10.2 Å². The number of nitrogens with zero attached hydrogens (tertiary/aromatic N) is 3. The van der Waals surface area contributed by atoms with Crippen LogP contribution < -0.4 is 10.1 Å². The number of halogens is 2. The standard InChI is InChI=1S/C23H18F2N4O2/c1-30-17-5-6-18-20(11-17)26-8-7-21(18)31-13-22-27-28-23-19(25)10-15(12-29(22)23)14-3-2-4-16(24)9-14/h2-7,9-12,26H,8,13H2,1H3. The van der Waals surface area contributed by atoms with Crippen LogP contribution in [0.2, 0.25) is 0 Å². The highest BCUT2D eigenvalue weighted by molar-refractivity contribution is 5.77. The third kappa shape index (κ3) is 3.56. The first kappa shape index (κ1) is 19.0. The molecule has 0 aliphatic carbocycles. The first-order valence-electron chi connectivity index (χ1n) is 9.67. The summed E-state index contributed by atoms with van der Waals surface area (Å²) in [5.74, 6) is 0.936. The van der Waals surface area contributed by atoms with Gasteiger partial charge in [0.05, 0.1) is 7.11 Å². The molecule has 5 rings (SSSR count). The van der Waals surface area contributed by atoms with E-state index in [0.29, 0.717) is 29.3 Å². The minimum absolute atomic E-state index is 0.0863. The highest BCUT2D eigenvalue weighted by atomic mass is 19.1. The van der Waals surface area contributed by atoms with E-state index >= 15 is 0 Å². The number of pyridine rings is 1. The van der Waals surface area contributed by atoms with Crippen molar-refractivity contribution in [2.45, 2.75) is 6.61 Å². The van der Waals surface area contributed by atoms with E-state index in [9.17, 15) is 8.78 Å². The topological polar surface area (TPSA) is 60.7 Å². The summed E-state index contributed by atoms with van der Waals surface area (Å²) in [5.41, 5.74) is 2.97. The van der Waals surface area contributed by atoms with Crippen LogP contribution >= 0.6 is 0 Å². The highest BCUT2D eigenvalue weighted by Crippen LogP contribution is 2.32. The van der Waals surface area contributed by atoms with Gasteiger partial charge >= 0.3 is 0 Å². The van der Waals surface area contributed by atoms with Crippen molar-refractivity contribution in [3.63, 3.8) is 0 Å². The second-order valence-corrected chi connectivity index (χ2v) is 7.05. The van der Waals surface area contributed by atoms with Crippen LogP contribution in [0.15, 0.2) is 60.8 Å². The zero-order chi connectivity index (χ0) is 21.4. The van der Waals surface area contributed by atoms with E-state index in [2.05, 4.69) is 15.5 Å². The quantitative estimate of drug-likeness (QED) is 0.509. The molecule has 0 unspecified atom stereocenters. The molecule has 0 spiro atoms. The molecule has 1 N–H and O–H groups in total. The number of hydrogen-bond acceptors (Lipinski definition) is 5. The number of nitrogens with one attached hydrogen (secondary N) is 1. The molecule has 2 aromatic carbocycles. The number of aromatic nitrogens is 3. The van der Waals surface area contributed by atoms with Gasteiger partial charge in [0.2, 0.25) is 0 Å². The van der Waals surface area contributed by atoms with E-state index in [1.807, 2.05) is 24.3 Å². The fourth-order valence-corrected chi connectivity index (χ4v) is 3.58. The van der Waals surface area contributed by atoms with Gasteiger partial charge in [0.1, 0.15) is 23.9 Å². The van der Waals surface area contributed by atoms with Crippen molar-refractivity contribution in [1.82, 2.24) is 14.6 Å². The number of anilines is 1. The average Bonchev–Trinajstić information content (AvgIpc) is 3.20. The molecule has 31 heavy (non-hydrogen) atoms. The Bertz CT molecular complexity index is 1320. The van der Waals surface area contributed by atoms with Crippen LogP contribution in [0.4, 0.5) is 14.5 Å². The molecule has 2 aromatic heterocycles. The van der Waals surface area contributed by atoms with Crippen molar-refractivity contribution < 1.29 is 18.3 Å². The van der Waals surface area contributed by atoms with Crippen molar-refractivity contribution in [3.05, 3.63) is 83.8 Å². The normalized spacial score (nSPS) is 12.8. The van der Waals surface area contributed by atoms with E-state index < -0.39 is 11.6 Å². The third-order valence-corrected chi connectivity index (χ3v) is 5.12. The maximum Gasteiger partial charge on any atom is 0.197 e. The monoisotopic (exact) mass is 420 g/mol. The summed E-state index contributed by atoms with van der Waals surface area (Å²) in [6, 6.07) is 13.0. The van der Waals surface area contributed by atoms with Crippen LogP contribution in [0.1, 0.15) is 11.4 Å². The molecule has 156 valence electrons. The van der Waals surface area contributed by atoms with Crippen molar-refractivity contribution in [3.8, 4) is 16.9 Å². The molecule has 6 nitrogen and oxygen atoms in total. The number of benzene rings is 2. The fraction of sp³-hybridized carbons (Fsp3) is 0.130. The summed E-state index contributed by atoms with van der Waals surface area (Å²) in [6.07, 6.45) is 3.61. The molecule has 0 amide bonds. The molecule has 0 radical (unpaired) electrons. The third-order valence-electron chi connectivity index (χ3n) is 5.12. The van der Waals surface area contributed by atoms with E-state index in [4.69, 9.17) is 9.47 Å². The Morgan fingerprint density at radius 3 is 2.81 bits per heavy atom. The Balaban J connectivity index is 1.45. The summed E-state index contributed by atoms with van der Waals surface area (Å²) < 4.78 is 41.1. The summed E-state index contributed by atoms with van der Waals surface area (Å²) in [6.45, 7) is 0.693. The summed E-state index contributed by atoms with van der Waals surface area (Å²) in [4.78, 5) is 0. The molecule has 3 heterocycles. The van der Waals surface area contributed by atoms with Gasteiger partial charge in [0, 0.05) is 35.6 Å².